The Morgan fingerprint density at radius 3 is 2.60 bits per heavy atom. The lowest BCUT2D eigenvalue weighted by atomic mass is 9.94. The van der Waals surface area contributed by atoms with Gasteiger partial charge in [-0.2, -0.15) is 0 Å². The number of carbonyl (C=O) groups is 2. The molecule has 1 aliphatic rings. The molecule has 0 heterocycles. The smallest absolute Gasteiger partial charge is 0.307 e. The maximum atomic E-state index is 12.3. The van der Waals surface area contributed by atoms with Crippen molar-refractivity contribution in [2.24, 2.45) is 11.8 Å². The molecule has 3 atom stereocenters. The molecule has 1 aliphatic carbocycles. The molecular weight excluding hydrogens is 322 g/mol. The summed E-state index contributed by atoms with van der Waals surface area (Å²) in [7, 11) is 0. The van der Waals surface area contributed by atoms with Crippen molar-refractivity contribution in [1.29, 1.82) is 0 Å². The fourth-order valence-corrected chi connectivity index (χ4v) is 3.42. The number of carboxylic acid groups (broad SMARTS) is 1. The van der Waals surface area contributed by atoms with Gasteiger partial charge in [-0.05, 0) is 31.4 Å². The van der Waals surface area contributed by atoms with E-state index in [1.807, 2.05) is 31.2 Å². The van der Waals surface area contributed by atoms with Gasteiger partial charge in [0.05, 0.1) is 17.9 Å². The fourth-order valence-electron chi connectivity index (χ4n) is 2.79. The number of carboxylic acids is 1. The summed E-state index contributed by atoms with van der Waals surface area (Å²) in [4.78, 5) is 23.4. The van der Waals surface area contributed by atoms with Gasteiger partial charge in [-0.15, -0.1) is 0 Å². The van der Waals surface area contributed by atoms with E-state index in [-0.39, 0.29) is 11.9 Å². The number of amides is 1. The molecule has 108 valence electrons. The van der Waals surface area contributed by atoms with Crippen LogP contribution in [0, 0.1) is 11.8 Å². The zero-order valence-corrected chi connectivity index (χ0v) is 12.9. The molecule has 5 heteroatoms. The summed E-state index contributed by atoms with van der Waals surface area (Å²) in [6.45, 7) is 1.91. The van der Waals surface area contributed by atoms with E-state index in [0.717, 1.165) is 16.5 Å². The average Bonchev–Trinajstić information content (AvgIpc) is 2.88. The first-order chi connectivity index (χ1) is 9.50. The van der Waals surface area contributed by atoms with Gasteiger partial charge in [0, 0.05) is 4.47 Å². The highest BCUT2D eigenvalue weighted by Crippen LogP contribution is 2.33. The van der Waals surface area contributed by atoms with Crippen LogP contribution in [-0.2, 0) is 9.59 Å². The highest BCUT2D eigenvalue weighted by molar-refractivity contribution is 9.10. The lowest BCUT2D eigenvalue weighted by Gasteiger charge is -2.20. The predicted octanol–water partition coefficient (Wildman–Crippen LogP) is 3.13. The van der Waals surface area contributed by atoms with Crippen LogP contribution in [0.4, 0.5) is 0 Å². The number of hydrogen-bond acceptors (Lipinski definition) is 2. The molecule has 1 fully saturated rings. The Kier molecular flexibility index (Phi) is 4.81. The summed E-state index contributed by atoms with van der Waals surface area (Å²) >= 11 is 3.46. The Morgan fingerprint density at radius 1 is 1.30 bits per heavy atom. The van der Waals surface area contributed by atoms with E-state index in [1.165, 1.54) is 0 Å². The minimum Gasteiger partial charge on any atom is -0.481 e. The lowest BCUT2D eigenvalue weighted by molar-refractivity contribution is -0.146. The third kappa shape index (κ3) is 3.20. The van der Waals surface area contributed by atoms with Crippen molar-refractivity contribution in [2.45, 2.75) is 32.2 Å². The molecule has 1 aromatic rings. The van der Waals surface area contributed by atoms with Gasteiger partial charge < -0.3 is 10.4 Å². The van der Waals surface area contributed by atoms with E-state index in [2.05, 4.69) is 21.2 Å². The van der Waals surface area contributed by atoms with E-state index in [9.17, 15) is 9.59 Å². The molecule has 1 amide bonds. The van der Waals surface area contributed by atoms with Crippen LogP contribution >= 0.6 is 15.9 Å². The van der Waals surface area contributed by atoms with Gasteiger partial charge in [-0.3, -0.25) is 9.59 Å². The second-order valence-electron chi connectivity index (χ2n) is 5.23. The van der Waals surface area contributed by atoms with Crippen LogP contribution in [0.3, 0.4) is 0 Å². The highest BCUT2D eigenvalue weighted by atomic mass is 79.9. The Balaban J connectivity index is 2.04. The van der Waals surface area contributed by atoms with Gasteiger partial charge in [0.2, 0.25) is 5.91 Å². The summed E-state index contributed by atoms with van der Waals surface area (Å²) in [5.41, 5.74) is 0.991. The SMILES string of the molecule is CC(NC(=O)[C@@H]1CCC[C@@H]1C(=O)O)c1ccccc1Br. The second kappa shape index (κ2) is 6.39. The van der Waals surface area contributed by atoms with Gasteiger partial charge in [0.1, 0.15) is 0 Å². The first-order valence-corrected chi connectivity index (χ1v) is 7.57. The van der Waals surface area contributed by atoms with Crippen LogP contribution < -0.4 is 5.32 Å². The van der Waals surface area contributed by atoms with Crippen LogP contribution in [0.15, 0.2) is 28.7 Å². The minimum atomic E-state index is -0.865. The molecule has 2 N–H and O–H groups in total. The van der Waals surface area contributed by atoms with E-state index < -0.39 is 17.8 Å². The highest BCUT2D eigenvalue weighted by Gasteiger charge is 2.38. The lowest BCUT2D eigenvalue weighted by Crippen LogP contribution is -2.36. The van der Waals surface area contributed by atoms with Crippen molar-refractivity contribution in [3.05, 3.63) is 34.3 Å². The Labute approximate surface area is 126 Å². The number of nitrogens with one attached hydrogen (secondary N) is 1. The average molecular weight is 340 g/mol. The summed E-state index contributed by atoms with van der Waals surface area (Å²) in [6.07, 6.45) is 2.06. The monoisotopic (exact) mass is 339 g/mol. The minimum absolute atomic E-state index is 0.145. The van der Waals surface area contributed by atoms with Gasteiger partial charge in [-0.25, -0.2) is 0 Å². The molecule has 1 unspecified atom stereocenters. The van der Waals surface area contributed by atoms with Crippen molar-refractivity contribution >= 4 is 27.8 Å². The number of halogens is 1. The van der Waals surface area contributed by atoms with Gasteiger partial charge >= 0.3 is 5.97 Å². The number of hydrogen-bond donors (Lipinski definition) is 2. The number of rotatable bonds is 4. The van der Waals surface area contributed by atoms with Gasteiger partial charge in [-0.1, -0.05) is 40.5 Å². The van der Waals surface area contributed by atoms with Crippen molar-refractivity contribution in [3.63, 3.8) is 0 Å². The molecule has 1 saturated carbocycles. The third-order valence-corrected chi connectivity index (χ3v) is 4.62. The topological polar surface area (TPSA) is 66.4 Å². The second-order valence-corrected chi connectivity index (χ2v) is 6.09. The molecule has 0 radical (unpaired) electrons. The zero-order chi connectivity index (χ0) is 14.7. The first kappa shape index (κ1) is 15.0. The molecule has 20 heavy (non-hydrogen) atoms. The third-order valence-electron chi connectivity index (χ3n) is 3.90. The van der Waals surface area contributed by atoms with E-state index in [4.69, 9.17) is 5.11 Å². The number of carbonyl (C=O) groups excluding carboxylic acids is 1. The van der Waals surface area contributed by atoms with Gasteiger partial charge in [0.25, 0.3) is 0 Å². The normalized spacial score (nSPS) is 23.3. The summed E-state index contributed by atoms with van der Waals surface area (Å²) < 4.78 is 0.939. The Hall–Kier alpha value is -1.36. The fraction of sp³-hybridized carbons (Fsp3) is 0.467. The molecule has 0 bridgehead atoms. The molecular formula is C15H18BrNO3. The molecule has 0 spiro atoms. The summed E-state index contributed by atoms with van der Waals surface area (Å²) in [6, 6.07) is 7.55. The van der Waals surface area contributed by atoms with E-state index >= 15 is 0 Å². The summed E-state index contributed by atoms with van der Waals surface area (Å²) in [5.74, 6) is -1.96. The Morgan fingerprint density at radius 2 is 1.95 bits per heavy atom. The zero-order valence-electron chi connectivity index (χ0n) is 11.3. The van der Waals surface area contributed by atoms with Crippen LogP contribution in [0.1, 0.15) is 37.8 Å². The standard InChI is InChI=1S/C15H18BrNO3/c1-9(10-5-2-3-8-13(10)16)17-14(18)11-6-4-7-12(11)15(19)20/h2-3,5,8-9,11-12H,4,6-7H2,1H3,(H,17,18)(H,19,20)/t9?,11-,12+/m1/s1. The van der Waals surface area contributed by atoms with Crippen molar-refractivity contribution in [2.75, 3.05) is 0 Å². The summed E-state index contributed by atoms with van der Waals surface area (Å²) in [5, 5.41) is 12.1. The van der Waals surface area contributed by atoms with Crippen molar-refractivity contribution in [3.8, 4) is 0 Å². The largest absolute Gasteiger partial charge is 0.481 e. The molecule has 0 aliphatic heterocycles. The molecule has 2 rings (SSSR count). The number of benzene rings is 1. The first-order valence-electron chi connectivity index (χ1n) is 6.78. The molecule has 4 nitrogen and oxygen atoms in total. The Bertz CT molecular complexity index is 518. The molecule has 0 saturated heterocycles. The van der Waals surface area contributed by atoms with Crippen LogP contribution in [0.5, 0.6) is 0 Å². The molecule has 1 aromatic carbocycles. The van der Waals surface area contributed by atoms with Crippen molar-refractivity contribution < 1.29 is 14.7 Å². The molecule has 0 aromatic heterocycles. The van der Waals surface area contributed by atoms with E-state index in [1.54, 1.807) is 0 Å². The maximum Gasteiger partial charge on any atom is 0.307 e. The van der Waals surface area contributed by atoms with Crippen LogP contribution in [-0.4, -0.2) is 17.0 Å². The quantitative estimate of drug-likeness (QED) is 0.885. The number of aliphatic carboxylic acids is 1. The van der Waals surface area contributed by atoms with Gasteiger partial charge in [0.15, 0.2) is 0 Å². The predicted molar refractivity (Wildman–Crippen MR) is 79.2 cm³/mol. The maximum absolute atomic E-state index is 12.3. The van der Waals surface area contributed by atoms with Crippen molar-refractivity contribution in [1.82, 2.24) is 5.32 Å². The van der Waals surface area contributed by atoms with Crippen LogP contribution in [0.2, 0.25) is 0 Å². The van der Waals surface area contributed by atoms with E-state index in [0.29, 0.717) is 12.8 Å². The van der Waals surface area contributed by atoms with Crippen LogP contribution in [0.25, 0.3) is 0 Å².